The fourth-order valence-corrected chi connectivity index (χ4v) is 4.30. The molecule has 0 aromatic heterocycles. The van der Waals surface area contributed by atoms with Crippen molar-refractivity contribution >= 4 is 22.7 Å². The van der Waals surface area contributed by atoms with Crippen molar-refractivity contribution < 1.29 is 19.1 Å². The van der Waals surface area contributed by atoms with Gasteiger partial charge in [-0.25, -0.2) is 0 Å². The van der Waals surface area contributed by atoms with E-state index < -0.39 is 33.7 Å². The quantitative estimate of drug-likeness (QED) is 0.463. The highest BCUT2D eigenvalue weighted by Gasteiger charge is 2.60. The van der Waals surface area contributed by atoms with Gasteiger partial charge in [0.1, 0.15) is 8.07 Å². The predicted molar refractivity (Wildman–Crippen MR) is 106 cm³/mol. The summed E-state index contributed by atoms with van der Waals surface area (Å²) in [7, 11) is -3.98. The molecule has 3 unspecified atom stereocenters. The minimum absolute atomic E-state index is 0.0285. The zero-order valence-corrected chi connectivity index (χ0v) is 18.8. The molecule has 25 heavy (non-hydrogen) atoms. The third-order valence-electron chi connectivity index (χ3n) is 4.99. The molecule has 0 radical (unpaired) electrons. The summed E-state index contributed by atoms with van der Waals surface area (Å²) >= 11 is 0. The Kier molecular flexibility index (Phi) is 6.22. The average Bonchev–Trinajstić information content (AvgIpc) is 2.86. The van der Waals surface area contributed by atoms with Crippen molar-refractivity contribution in [2.75, 3.05) is 6.61 Å². The first-order valence-corrected chi connectivity index (χ1v) is 15.1. The van der Waals surface area contributed by atoms with E-state index >= 15 is 0 Å². The van der Waals surface area contributed by atoms with Crippen molar-refractivity contribution in [2.45, 2.75) is 82.3 Å². The van der Waals surface area contributed by atoms with E-state index in [0.717, 1.165) is 0 Å². The summed E-state index contributed by atoms with van der Waals surface area (Å²) in [6.45, 7) is 17.0. The predicted octanol–water partition coefficient (Wildman–Crippen LogP) is 2.98. The van der Waals surface area contributed by atoms with E-state index in [-0.39, 0.29) is 5.04 Å². The molecule has 1 saturated heterocycles. The molecule has 140 valence electrons. The van der Waals surface area contributed by atoms with Crippen LogP contribution in [0.2, 0.25) is 37.8 Å². The number of hydrogen-bond donors (Lipinski definition) is 1. The Morgan fingerprint density at radius 1 is 1.28 bits per heavy atom. The lowest BCUT2D eigenvalue weighted by Crippen LogP contribution is -2.62. The smallest absolute Gasteiger partial charge is 0.224 e. The van der Waals surface area contributed by atoms with Crippen LogP contribution in [0.4, 0.5) is 0 Å². The van der Waals surface area contributed by atoms with Crippen LogP contribution in [0.15, 0.2) is 0 Å². The molecule has 4 nitrogen and oxygen atoms in total. The van der Waals surface area contributed by atoms with Crippen molar-refractivity contribution in [1.82, 2.24) is 0 Å². The Bertz CT molecular complexity index is 613. The Balaban J connectivity index is 3.37. The normalized spacial score (nSPS) is 27.0. The molecule has 0 amide bonds. The highest BCUT2D eigenvalue weighted by molar-refractivity contribution is 6.83. The van der Waals surface area contributed by atoms with E-state index in [1.165, 1.54) is 0 Å². The maximum Gasteiger partial charge on any atom is 0.224 e. The van der Waals surface area contributed by atoms with E-state index in [9.17, 15) is 9.90 Å². The fourth-order valence-electron chi connectivity index (χ4n) is 2.39. The van der Waals surface area contributed by atoms with Crippen LogP contribution in [0.3, 0.4) is 0 Å². The minimum atomic E-state index is -2.17. The molecule has 3 atom stereocenters. The van der Waals surface area contributed by atoms with E-state index in [2.05, 4.69) is 51.2 Å². The van der Waals surface area contributed by atoms with Gasteiger partial charge in [0.25, 0.3) is 0 Å². The average molecular weight is 381 g/mol. The largest absolute Gasteiger partial charge is 0.410 e. The van der Waals surface area contributed by atoms with Crippen molar-refractivity contribution in [3.05, 3.63) is 0 Å². The van der Waals surface area contributed by atoms with E-state index in [1.54, 1.807) is 0 Å². The summed E-state index contributed by atoms with van der Waals surface area (Å²) in [5.41, 5.74) is -0.599. The molecule has 0 saturated carbocycles. The number of aliphatic hydroxyl groups is 1. The van der Waals surface area contributed by atoms with Crippen molar-refractivity contribution in [3.8, 4) is 23.8 Å². The second kappa shape index (κ2) is 7.02. The van der Waals surface area contributed by atoms with Crippen LogP contribution >= 0.6 is 0 Å². The molecule has 1 aliphatic rings. The fraction of sp³-hybridized carbons (Fsp3) is 0.737. The maximum atomic E-state index is 11.8. The summed E-state index contributed by atoms with van der Waals surface area (Å²) in [4.78, 5) is 11.8. The molecule has 0 aromatic carbocycles. The lowest BCUT2D eigenvalue weighted by Gasteiger charge is -2.44. The van der Waals surface area contributed by atoms with Gasteiger partial charge in [-0.15, -0.1) is 12.0 Å². The van der Waals surface area contributed by atoms with Gasteiger partial charge in [-0.05, 0) is 24.6 Å². The zero-order chi connectivity index (χ0) is 19.7. The summed E-state index contributed by atoms with van der Waals surface area (Å²) in [5.74, 6) is 5.28. The summed E-state index contributed by atoms with van der Waals surface area (Å²) in [5, 5.41) is 11.0. The monoisotopic (exact) mass is 380 g/mol. The van der Waals surface area contributed by atoms with Gasteiger partial charge in [0, 0.05) is 0 Å². The molecule has 0 bridgehead atoms. The number of carbonyl (C=O) groups is 1. The number of aldehydes is 1. The Labute approximate surface area is 154 Å². The maximum absolute atomic E-state index is 11.8. The topological polar surface area (TPSA) is 55.8 Å². The third-order valence-corrected chi connectivity index (χ3v) is 10.3. The van der Waals surface area contributed by atoms with Gasteiger partial charge < -0.3 is 14.3 Å². The summed E-state index contributed by atoms with van der Waals surface area (Å²) in [6, 6.07) is 0. The van der Waals surface area contributed by atoms with Crippen LogP contribution in [0.1, 0.15) is 27.2 Å². The second-order valence-corrected chi connectivity index (χ2v) is 18.8. The third kappa shape index (κ3) is 4.45. The van der Waals surface area contributed by atoms with E-state index in [0.29, 0.717) is 19.3 Å². The lowest BCUT2D eigenvalue weighted by atomic mass is 9.81. The molecule has 0 spiro atoms. The SMILES string of the molecule is C#CC1(C(O)(C#C[Si](C)(C)C)C=O)OCCC1O[Si](C)(C)C(C)(C)C. The van der Waals surface area contributed by atoms with E-state index in [1.807, 2.05) is 19.6 Å². The van der Waals surface area contributed by atoms with Crippen molar-refractivity contribution in [1.29, 1.82) is 0 Å². The van der Waals surface area contributed by atoms with Crippen molar-refractivity contribution in [3.63, 3.8) is 0 Å². The van der Waals surface area contributed by atoms with Gasteiger partial charge in [0.05, 0.1) is 12.7 Å². The molecular weight excluding hydrogens is 348 g/mol. The van der Waals surface area contributed by atoms with Gasteiger partial charge in [0.2, 0.25) is 5.60 Å². The Morgan fingerprint density at radius 2 is 1.84 bits per heavy atom. The highest BCUT2D eigenvalue weighted by atomic mass is 28.4. The van der Waals surface area contributed by atoms with Crippen molar-refractivity contribution in [2.24, 2.45) is 0 Å². The summed E-state index contributed by atoms with van der Waals surface area (Å²) < 4.78 is 12.2. The number of hydrogen-bond acceptors (Lipinski definition) is 4. The number of terminal acetylenes is 1. The highest BCUT2D eigenvalue weighted by Crippen LogP contribution is 2.43. The zero-order valence-electron chi connectivity index (χ0n) is 16.8. The second-order valence-electron chi connectivity index (χ2n) is 9.27. The molecular formula is C19H32O4Si2. The minimum Gasteiger partial charge on any atom is -0.410 e. The van der Waals surface area contributed by atoms with E-state index in [4.69, 9.17) is 15.6 Å². The Hall–Kier alpha value is -0.896. The van der Waals surface area contributed by atoms with Gasteiger partial charge in [0.15, 0.2) is 20.2 Å². The molecule has 1 fully saturated rings. The van der Waals surface area contributed by atoms with Crippen LogP contribution < -0.4 is 0 Å². The number of ether oxygens (including phenoxy) is 1. The summed E-state index contributed by atoms with van der Waals surface area (Å²) in [6.07, 6.45) is 6.15. The molecule has 0 aromatic rings. The van der Waals surface area contributed by atoms with Crippen LogP contribution in [0.5, 0.6) is 0 Å². The first-order chi connectivity index (χ1) is 11.1. The molecule has 1 aliphatic heterocycles. The molecule has 1 N–H and O–H groups in total. The lowest BCUT2D eigenvalue weighted by molar-refractivity contribution is -0.148. The van der Waals surface area contributed by atoms with Crippen LogP contribution in [0, 0.1) is 23.8 Å². The van der Waals surface area contributed by atoms with Crippen LogP contribution in [-0.2, 0) is 14.0 Å². The van der Waals surface area contributed by atoms with Crippen LogP contribution in [-0.4, -0.2) is 51.7 Å². The van der Waals surface area contributed by atoms with Gasteiger partial charge >= 0.3 is 0 Å². The van der Waals surface area contributed by atoms with Gasteiger partial charge in [-0.2, -0.15) is 0 Å². The van der Waals surface area contributed by atoms with Crippen LogP contribution in [0.25, 0.3) is 0 Å². The molecule has 6 heteroatoms. The van der Waals surface area contributed by atoms with Gasteiger partial charge in [-0.3, -0.25) is 4.79 Å². The molecule has 1 rings (SSSR count). The first kappa shape index (κ1) is 22.1. The molecule has 1 heterocycles. The standard InChI is InChI=1S/C19H32O4Si2/c1-10-19(18(21,15-20)12-14-24(5,6)7)16(11-13-22-19)23-25(8,9)17(2,3)4/h1,15-16,21H,11,13H2,2-9H3. The number of carbonyl (C=O) groups excluding carboxylic acids is 1. The number of rotatable bonds is 4. The Morgan fingerprint density at radius 3 is 2.24 bits per heavy atom. The first-order valence-electron chi connectivity index (χ1n) is 8.67. The molecule has 0 aliphatic carbocycles. The van der Waals surface area contributed by atoms with Gasteiger partial charge in [-0.1, -0.05) is 52.3 Å².